The Morgan fingerprint density at radius 1 is 0.690 bits per heavy atom. The molecule has 0 aliphatic rings. The summed E-state index contributed by atoms with van der Waals surface area (Å²) >= 11 is 0. The van der Waals surface area contributed by atoms with Crippen LogP contribution in [0, 0.1) is 34.5 Å². The van der Waals surface area contributed by atoms with Crippen LogP contribution in [0.1, 0.15) is 40.0 Å². The van der Waals surface area contributed by atoms with E-state index in [0.717, 1.165) is 20.8 Å². The topological polar surface area (TPSA) is 94.6 Å². The number of ether oxygens (including phenoxy) is 1. The van der Waals surface area contributed by atoms with Crippen LogP contribution in [-0.2, 0) is 24.0 Å². The molecule has 0 atom stereocenters. The van der Waals surface area contributed by atoms with Gasteiger partial charge in [-0.2, -0.15) is 8.78 Å². The van der Waals surface area contributed by atoms with Gasteiger partial charge in [0.05, 0.1) is 0 Å². The van der Waals surface area contributed by atoms with Gasteiger partial charge in [-0.15, -0.1) is 0 Å². The van der Waals surface area contributed by atoms with E-state index in [2.05, 4.69) is 4.74 Å². The standard InChI is InChI=1S/C18H15F5O6/c1-7(24)18(8(2)25,9(3)26)10(27)5-4-6-11(28)29-17-15(22)13(20)12(19)14(21)16(17)23/h4-6H2,1-3H3. The second kappa shape index (κ2) is 9.01. The van der Waals surface area contributed by atoms with Gasteiger partial charge in [-0.05, 0) is 27.2 Å². The van der Waals surface area contributed by atoms with Gasteiger partial charge in [0.1, 0.15) is 0 Å². The van der Waals surface area contributed by atoms with Gasteiger partial charge < -0.3 is 4.74 Å². The van der Waals surface area contributed by atoms with Gasteiger partial charge in [0, 0.05) is 12.8 Å². The van der Waals surface area contributed by atoms with Crippen molar-refractivity contribution in [1.29, 1.82) is 0 Å². The minimum absolute atomic E-state index is 0.428. The monoisotopic (exact) mass is 422 g/mol. The number of hydrogen-bond acceptors (Lipinski definition) is 6. The zero-order valence-electron chi connectivity index (χ0n) is 15.5. The molecule has 0 unspecified atom stereocenters. The maximum atomic E-state index is 13.5. The van der Waals surface area contributed by atoms with Crippen molar-refractivity contribution in [3.63, 3.8) is 0 Å². The maximum Gasteiger partial charge on any atom is 0.311 e. The lowest BCUT2D eigenvalue weighted by Crippen LogP contribution is -2.49. The van der Waals surface area contributed by atoms with Gasteiger partial charge in [0.2, 0.25) is 40.3 Å². The molecule has 0 saturated carbocycles. The van der Waals surface area contributed by atoms with Crippen LogP contribution in [0.2, 0.25) is 0 Å². The Morgan fingerprint density at radius 2 is 1.07 bits per heavy atom. The summed E-state index contributed by atoms with van der Waals surface area (Å²) in [5.74, 6) is -19.1. The van der Waals surface area contributed by atoms with Gasteiger partial charge in [-0.3, -0.25) is 24.0 Å². The predicted octanol–water partition coefficient (Wildman–Crippen LogP) is 2.78. The van der Waals surface area contributed by atoms with Crippen molar-refractivity contribution in [2.24, 2.45) is 5.41 Å². The summed E-state index contributed by atoms with van der Waals surface area (Å²) in [6.07, 6.45) is -1.80. The third-order valence-electron chi connectivity index (χ3n) is 4.17. The number of esters is 1. The Balaban J connectivity index is 2.90. The fraction of sp³-hybridized carbons (Fsp3) is 0.389. The van der Waals surface area contributed by atoms with E-state index in [-0.39, 0.29) is 0 Å². The molecular formula is C18H15F5O6. The zero-order valence-corrected chi connectivity index (χ0v) is 15.5. The lowest BCUT2D eigenvalue weighted by molar-refractivity contribution is -0.152. The molecule has 0 spiro atoms. The summed E-state index contributed by atoms with van der Waals surface area (Å²) in [6, 6.07) is 0. The Hall–Kier alpha value is -2.98. The maximum absolute atomic E-state index is 13.5. The van der Waals surface area contributed by atoms with Gasteiger partial charge in [0.25, 0.3) is 0 Å². The van der Waals surface area contributed by atoms with Crippen molar-refractivity contribution in [2.75, 3.05) is 0 Å². The minimum Gasteiger partial charge on any atom is -0.420 e. The third kappa shape index (κ3) is 4.38. The molecule has 0 aliphatic carbocycles. The molecular weight excluding hydrogens is 407 g/mol. The number of benzene rings is 1. The van der Waals surface area contributed by atoms with E-state index in [1.807, 2.05) is 0 Å². The highest BCUT2D eigenvalue weighted by molar-refractivity contribution is 6.37. The summed E-state index contributed by atoms with van der Waals surface area (Å²) < 4.78 is 70.2. The first-order valence-corrected chi connectivity index (χ1v) is 8.08. The number of rotatable bonds is 9. The van der Waals surface area contributed by atoms with Crippen molar-refractivity contribution in [3.8, 4) is 5.75 Å². The average Bonchev–Trinajstić information content (AvgIpc) is 2.61. The van der Waals surface area contributed by atoms with E-state index >= 15 is 0 Å². The van der Waals surface area contributed by atoms with Crippen molar-refractivity contribution in [3.05, 3.63) is 29.1 Å². The van der Waals surface area contributed by atoms with E-state index in [1.54, 1.807) is 0 Å². The molecule has 1 rings (SSSR count). The Labute approximate surface area is 161 Å². The van der Waals surface area contributed by atoms with Gasteiger partial charge in [-0.1, -0.05) is 0 Å². The number of carbonyl (C=O) groups is 5. The van der Waals surface area contributed by atoms with Crippen LogP contribution in [0.5, 0.6) is 5.75 Å². The predicted molar refractivity (Wildman–Crippen MR) is 85.2 cm³/mol. The molecule has 0 aliphatic heterocycles. The minimum atomic E-state index is -2.52. The van der Waals surface area contributed by atoms with Crippen molar-refractivity contribution in [2.45, 2.75) is 40.0 Å². The molecule has 0 fully saturated rings. The van der Waals surface area contributed by atoms with Crippen LogP contribution in [-0.4, -0.2) is 29.1 Å². The lowest BCUT2D eigenvalue weighted by Gasteiger charge is -2.23. The molecule has 1 aromatic rings. The lowest BCUT2D eigenvalue weighted by atomic mass is 9.72. The van der Waals surface area contributed by atoms with E-state index in [4.69, 9.17) is 0 Å². The first-order chi connectivity index (χ1) is 13.3. The van der Waals surface area contributed by atoms with E-state index < -0.39 is 88.6 Å². The Kier molecular flexibility index (Phi) is 7.48. The van der Waals surface area contributed by atoms with E-state index in [1.165, 1.54) is 0 Å². The first kappa shape index (κ1) is 24.1. The molecule has 1 aromatic carbocycles. The average molecular weight is 422 g/mol. The van der Waals surface area contributed by atoms with E-state index in [9.17, 15) is 45.9 Å². The van der Waals surface area contributed by atoms with Gasteiger partial charge in [-0.25, -0.2) is 13.2 Å². The third-order valence-corrected chi connectivity index (χ3v) is 4.17. The molecule has 0 aromatic heterocycles. The summed E-state index contributed by atoms with van der Waals surface area (Å²) in [4.78, 5) is 59.2. The van der Waals surface area contributed by atoms with Crippen LogP contribution in [0.3, 0.4) is 0 Å². The number of Topliss-reactive ketones (excluding diaryl/α,β-unsaturated/α-hetero) is 4. The second-order valence-electron chi connectivity index (χ2n) is 6.07. The summed E-state index contributed by atoms with van der Waals surface area (Å²) in [5, 5.41) is 0. The van der Waals surface area contributed by atoms with Crippen LogP contribution in [0.25, 0.3) is 0 Å². The summed E-state index contributed by atoms with van der Waals surface area (Å²) in [5.41, 5.74) is -2.52. The Morgan fingerprint density at radius 3 is 1.45 bits per heavy atom. The highest BCUT2D eigenvalue weighted by Gasteiger charge is 2.51. The molecule has 158 valence electrons. The van der Waals surface area contributed by atoms with Crippen LogP contribution >= 0.6 is 0 Å². The van der Waals surface area contributed by atoms with E-state index in [0.29, 0.717) is 0 Å². The van der Waals surface area contributed by atoms with Gasteiger partial charge >= 0.3 is 5.97 Å². The van der Waals surface area contributed by atoms with Crippen molar-refractivity contribution < 1.29 is 50.7 Å². The first-order valence-electron chi connectivity index (χ1n) is 8.08. The SMILES string of the molecule is CC(=O)C(C(C)=O)(C(C)=O)C(=O)CCCC(=O)Oc1c(F)c(F)c(F)c(F)c1F. The molecule has 0 saturated heterocycles. The van der Waals surface area contributed by atoms with Gasteiger partial charge in [0.15, 0.2) is 23.1 Å². The molecule has 6 nitrogen and oxygen atoms in total. The Bertz CT molecular complexity index is 843. The fourth-order valence-electron chi connectivity index (χ4n) is 2.75. The van der Waals surface area contributed by atoms with Crippen molar-refractivity contribution in [1.82, 2.24) is 0 Å². The summed E-state index contributed by atoms with van der Waals surface area (Å²) in [6.45, 7) is 2.62. The molecule has 0 N–H and O–H groups in total. The molecule has 0 amide bonds. The van der Waals surface area contributed by atoms with Crippen molar-refractivity contribution >= 4 is 29.1 Å². The smallest absolute Gasteiger partial charge is 0.311 e. The fourth-order valence-corrected chi connectivity index (χ4v) is 2.75. The van der Waals surface area contributed by atoms with Crippen LogP contribution < -0.4 is 4.74 Å². The van der Waals surface area contributed by atoms with Crippen LogP contribution in [0.15, 0.2) is 0 Å². The number of halogens is 5. The molecule has 0 heterocycles. The summed E-state index contributed by atoms with van der Waals surface area (Å²) in [7, 11) is 0. The highest BCUT2D eigenvalue weighted by Crippen LogP contribution is 2.30. The molecule has 0 bridgehead atoms. The molecule has 29 heavy (non-hydrogen) atoms. The highest BCUT2D eigenvalue weighted by atomic mass is 19.2. The number of carbonyl (C=O) groups excluding carboxylic acids is 5. The zero-order chi connectivity index (χ0) is 22.7. The molecule has 11 heteroatoms. The number of hydrogen-bond donors (Lipinski definition) is 0. The second-order valence-corrected chi connectivity index (χ2v) is 6.07. The molecule has 0 radical (unpaired) electrons. The van der Waals surface area contributed by atoms with Crippen LogP contribution in [0.4, 0.5) is 22.0 Å². The largest absolute Gasteiger partial charge is 0.420 e. The number of ketones is 4. The quantitative estimate of drug-likeness (QED) is 0.152. The normalized spacial score (nSPS) is 11.2.